The van der Waals surface area contributed by atoms with E-state index in [2.05, 4.69) is 26.9 Å². The Bertz CT molecular complexity index is 1090. The number of fused-ring (bicyclic) bond motifs is 1. The average Bonchev–Trinajstić information content (AvgIpc) is 3.20. The topological polar surface area (TPSA) is 103 Å². The summed E-state index contributed by atoms with van der Waals surface area (Å²) in [5.41, 5.74) is 2.00. The Morgan fingerprint density at radius 2 is 2.00 bits per heavy atom. The highest BCUT2D eigenvalue weighted by atomic mass is 16.2. The predicted octanol–water partition coefficient (Wildman–Crippen LogP) is 2.74. The minimum atomic E-state index is -0.0657. The first kappa shape index (κ1) is 18.8. The lowest BCUT2D eigenvalue weighted by Gasteiger charge is -2.30. The Hall–Kier alpha value is -2.94. The van der Waals surface area contributed by atoms with Crippen molar-refractivity contribution in [1.29, 1.82) is 0 Å². The third-order valence-corrected chi connectivity index (χ3v) is 6.78. The van der Waals surface area contributed by atoms with Crippen molar-refractivity contribution in [2.24, 2.45) is 5.92 Å². The maximum absolute atomic E-state index is 13.3. The first-order chi connectivity index (χ1) is 15.3. The lowest BCUT2D eigenvalue weighted by Crippen LogP contribution is -2.41. The number of H-pyrrole nitrogens is 1. The van der Waals surface area contributed by atoms with Crippen LogP contribution in [0.2, 0.25) is 0 Å². The zero-order valence-electron chi connectivity index (χ0n) is 17.5. The van der Waals surface area contributed by atoms with E-state index >= 15 is 0 Å². The van der Waals surface area contributed by atoms with Crippen molar-refractivity contribution in [3.8, 4) is 0 Å². The average molecular weight is 421 g/mol. The van der Waals surface area contributed by atoms with Gasteiger partial charge in [0.05, 0.1) is 6.04 Å². The highest BCUT2D eigenvalue weighted by Gasteiger charge is 2.36. The normalized spacial score (nSPS) is 22.3. The van der Waals surface area contributed by atoms with E-state index < -0.39 is 0 Å². The molecule has 1 amide bonds. The van der Waals surface area contributed by atoms with E-state index in [0.29, 0.717) is 17.7 Å². The van der Waals surface area contributed by atoms with Crippen molar-refractivity contribution < 1.29 is 4.79 Å². The largest absolute Gasteiger partial charge is 0.332 e. The van der Waals surface area contributed by atoms with Crippen molar-refractivity contribution in [1.82, 2.24) is 34.8 Å². The Labute approximate surface area is 180 Å². The number of nitrogens with zero attached hydrogens (tertiary/aromatic N) is 5. The van der Waals surface area contributed by atoms with Crippen LogP contribution in [0.5, 0.6) is 0 Å². The van der Waals surface area contributed by atoms with Gasteiger partial charge in [-0.25, -0.2) is 4.98 Å². The van der Waals surface area contributed by atoms with Crippen LogP contribution in [0.25, 0.3) is 5.65 Å². The molecule has 6 rings (SSSR count). The Balaban J connectivity index is 1.30. The van der Waals surface area contributed by atoms with Gasteiger partial charge in [-0.15, -0.1) is 0 Å². The number of hydrogen-bond donors (Lipinski definition) is 3. The predicted molar refractivity (Wildman–Crippen MR) is 116 cm³/mol. The second-order valence-electron chi connectivity index (χ2n) is 8.96. The Morgan fingerprint density at radius 3 is 2.84 bits per heavy atom. The number of likely N-dealkylation sites (tertiary alicyclic amines) is 1. The van der Waals surface area contributed by atoms with Crippen LogP contribution >= 0.6 is 0 Å². The van der Waals surface area contributed by atoms with E-state index in [4.69, 9.17) is 9.97 Å². The number of aromatic nitrogens is 5. The van der Waals surface area contributed by atoms with Crippen LogP contribution in [-0.4, -0.2) is 55.0 Å². The van der Waals surface area contributed by atoms with Crippen molar-refractivity contribution in [3.63, 3.8) is 0 Å². The fourth-order valence-corrected chi connectivity index (χ4v) is 4.90. The molecule has 2 saturated heterocycles. The zero-order chi connectivity index (χ0) is 20.8. The van der Waals surface area contributed by atoms with E-state index in [1.165, 1.54) is 18.5 Å². The molecule has 0 radical (unpaired) electrons. The number of hydrogen-bond acceptors (Lipinski definition) is 6. The summed E-state index contributed by atoms with van der Waals surface area (Å²) in [5, 5.41) is 14.3. The van der Waals surface area contributed by atoms with Crippen molar-refractivity contribution in [3.05, 3.63) is 35.9 Å². The lowest BCUT2D eigenvalue weighted by atomic mass is 9.96. The highest BCUT2D eigenvalue weighted by Crippen LogP contribution is 2.40. The van der Waals surface area contributed by atoms with E-state index in [-0.39, 0.29) is 17.9 Å². The monoisotopic (exact) mass is 420 g/mol. The summed E-state index contributed by atoms with van der Waals surface area (Å²) in [7, 11) is 0. The van der Waals surface area contributed by atoms with Gasteiger partial charge in [0.1, 0.15) is 5.65 Å². The van der Waals surface area contributed by atoms with E-state index in [1.54, 1.807) is 0 Å². The molecular weight excluding hydrogens is 392 g/mol. The van der Waals surface area contributed by atoms with Gasteiger partial charge in [0, 0.05) is 36.3 Å². The zero-order valence-corrected chi connectivity index (χ0v) is 17.5. The number of carbonyl (C=O) groups is 1. The summed E-state index contributed by atoms with van der Waals surface area (Å²) in [6.45, 7) is 2.63. The number of anilines is 2. The second-order valence-corrected chi connectivity index (χ2v) is 8.96. The van der Waals surface area contributed by atoms with Gasteiger partial charge in [-0.2, -0.15) is 10.1 Å². The fourth-order valence-electron chi connectivity index (χ4n) is 4.90. The second kappa shape index (κ2) is 7.64. The van der Waals surface area contributed by atoms with Gasteiger partial charge in [-0.05, 0) is 63.7 Å². The molecule has 9 nitrogen and oxygen atoms in total. The van der Waals surface area contributed by atoms with Gasteiger partial charge in [0.2, 0.25) is 11.9 Å². The van der Waals surface area contributed by atoms with Gasteiger partial charge >= 0.3 is 0 Å². The smallest absolute Gasteiger partial charge is 0.226 e. The minimum absolute atomic E-state index is 0.0657. The quantitative estimate of drug-likeness (QED) is 0.586. The maximum atomic E-state index is 13.3. The number of amides is 1. The van der Waals surface area contributed by atoms with Crippen LogP contribution in [0.15, 0.2) is 24.4 Å². The van der Waals surface area contributed by atoms with Crippen molar-refractivity contribution in [2.75, 3.05) is 25.0 Å². The Morgan fingerprint density at radius 1 is 1.13 bits per heavy atom. The fraction of sp³-hybridized carbons (Fsp3) is 0.545. The molecule has 5 heterocycles. The molecule has 0 bridgehead atoms. The van der Waals surface area contributed by atoms with E-state index in [9.17, 15) is 4.79 Å². The molecule has 3 fully saturated rings. The number of rotatable bonds is 5. The molecule has 3 aromatic heterocycles. The first-order valence-electron chi connectivity index (χ1n) is 11.4. The lowest BCUT2D eigenvalue weighted by molar-refractivity contribution is -0.137. The van der Waals surface area contributed by atoms with E-state index in [0.717, 1.165) is 56.8 Å². The molecule has 162 valence electrons. The summed E-state index contributed by atoms with van der Waals surface area (Å²) >= 11 is 0. The van der Waals surface area contributed by atoms with Gasteiger partial charge in [0.25, 0.3) is 0 Å². The third kappa shape index (κ3) is 3.56. The minimum Gasteiger partial charge on any atom is -0.332 e. The molecule has 1 saturated carbocycles. The summed E-state index contributed by atoms with van der Waals surface area (Å²) in [6, 6.07) is 5.94. The summed E-state index contributed by atoms with van der Waals surface area (Å²) in [4.78, 5) is 25.0. The highest BCUT2D eigenvalue weighted by molar-refractivity contribution is 5.79. The van der Waals surface area contributed by atoms with Crippen LogP contribution in [0.1, 0.15) is 62.0 Å². The molecule has 1 aliphatic carbocycles. The van der Waals surface area contributed by atoms with E-state index in [1.807, 2.05) is 27.6 Å². The molecule has 0 aromatic carbocycles. The van der Waals surface area contributed by atoms with Crippen LogP contribution < -0.4 is 10.6 Å². The number of carbonyl (C=O) groups excluding carboxylic acids is 1. The molecule has 31 heavy (non-hydrogen) atoms. The first-order valence-corrected chi connectivity index (χ1v) is 11.4. The maximum Gasteiger partial charge on any atom is 0.226 e. The van der Waals surface area contributed by atoms with Crippen LogP contribution in [-0.2, 0) is 4.79 Å². The Kier molecular flexibility index (Phi) is 4.63. The van der Waals surface area contributed by atoms with Gasteiger partial charge < -0.3 is 15.5 Å². The molecule has 3 N–H and O–H groups in total. The molecular formula is C22H28N8O. The molecule has 0 unspecified atom stereocenters. The number of aromatic amines is 1. The molecule has 2 aliphatic heterocycles. The third-order valence-electron chi connectivity index (χ3n) is 6.78. The molecule has 3 aromatic rings. The SMILES string of the molecule is O=C(C1CCNCC1)N1CCC[C@@H]1c1nc(Nc2cc(C3CC3)[nH]n2)n2cccc2n1. The molecule has 1 atom stereocenters. The molecule has 0 spiro atoms. The standard InChI is InChI=1S/C22H28N8O/c31-21(15-7-9-23-10-8-15)29-11-1-3-17(29)20-25-19-4-2-12-30(19)22(26-20)24-18-13-16(27-28-18)14-5-6-14/h2,4,12-15,17,23H,1,3,5-11H2,(H2,24,25,26,27,28)/t17-/m1/s1. The molecule has 9 heteroatoms. The van der Waals surface area contributed by atoms with Crippen molar-refractivity contribution >= 4 is 23.3 Å². The number of nitrogens with one attached hydrogen (secondary N) is 3. The van der Waals surface area contributed by atoms with Crippen LogP contribution in [0.4, 0.5) is 11.8 Å². The summed E-state index contributed by atoms with van der Waals surface area (Å²) < 4.78 is 1.93. The van der Waals surface area contributed by atoms with Crippen molar-refractivity contribution in [2.45, 2.75) is 50.5 Å². The van der Waals surface area contributed by atoms with Gasteiger partial charge in [0.15, 0.2) is 11.6 Å². The van der Waals surface area contributed by atoms with Gasteiger partial charge in [-0.1, -0.05) is 0 Å². The van der Waals surface area contributed by atoms with Gasteiger partial charge in [-0.3, -0.25) is 14.3 Å². The summed E-state index contributed by atoms with van der Waals surface area (Å²) in [6.07, 6.45) is 8.12. The summed E-state index contributed by atoms with van der Waals surface area (Å²) in [5.74, 6) is 3.14. The number of piperidine rings is 1. The van der Waals surface area contributed by atoms with Crippen LogP contribution in [0, 0.1) is 5.92 Å². The van der Waals surface area contributed by atoms with Crippen LogP contribution in [0.3, 0.4) is 0 Å². The molecule has 3 aliphatic rings.